The Balaban J connectivity index is 2.82. The number of hydrogen-bond donors (Lipinski definition) is 3. The second-order valence-corrected chi connectivity index (χ2v) is 4.62. The van der Waals surface area contributed by atoms with Gasteiger partial charge in [-0.1, -0.05) is 26.2 Å². The van der Waals surface area contributed by atoms with Crippen molar-refractivity contribution in [3.8, 4) is 0 Å². The molecule has 0 aliphatic carbocycles. The molecule has 1 atom stereocenters. The summed E-state index contributed by atoms with van der Waals surface area (Å²) in [7, 11) is 1.53. The predicted molar refractivity (Wildman–Crippen MR) is 73.9 cm³/mol. The van der Waals surface area contributed by atoms with Crippen LogP contribution in [0.5, 0.6) is 0 Å². The molecule has 0 fully saturated rings. The fraction of sp³-hybridized carbons (Fsp3) is 0.667. The van der Waals surface area contributed by atoms with Crippen LogP contribution in [0.4, 0.5) is 11.5 Å². The SMILES string of the molecule is CCCCCC(C)Nc1c(N)n(C)c(=O)[nH]c1=O. The highest BCUT2D eigenvalue weighted by Crippen LogP contribution is 2.12. The maximum atomic E-state index is 11.7. The first-order valence-corrected chi connectivity index (χ1v) is 6.32. The summed E-state index contributed by atoms with van der Waals surface area (Å²) in [6, 6.07) is 0.150. The smallest absolute Gasteiger partial charge is 0.329 e. The second kappa shape index (κ2) is 6.28. The van der Waals surface area contributed by atoms with E-state index in [2.05, 4.69) is 17.2 Å². The van der Waals surface area contributed by atoms with Crippen LogP contribution in [0.3, 0.4) is 0 Å². The molecule has 0 aliphatic rings. The Hall–Kier alpha value is -1.72. The van der Waals surface area contributed by atoms with E-state index in [1.54, 1.807) is 0 Å². The van der Waals surface area contributed by atoms with Crippen LogP contribution in [0.1, 0.15) is 39.5 Å². The molecule has 6 heteroatoms. The molecule has 1 aromatic rings. The number of hydrogen-bond acceptors (Lipinski definition) is 4. The van der Waals surface area contributed by atoms with Gasteiger partial charge in [0.05, 0.1) is 0 Å². The van der Waals surface area contributed by atoms with Crippen molar-refractivity contribution in [3.63, 3.8) is 0 Å². The number of rotatable bonds is 6. The number of nitrogen functional groups attached to an aromatic ring is 1. The number of unbranched alkanes of at least 4 members (excludes halogenated alkanes) is 2. The lowest BCUT2D eigenvalue weighted by Crippen LogP contribution is -2.34. The Morgan fingerprint density at radius 3 is 2.67 bits per heavy atom. The van der Waals surface area contributed by atoms with E-state index >= 15 is 0 Å². The molecular formula is C12H22N4O2. The summed E-state index contributed by atoms with van der Waals surface area (Å²) in [6.45, 7) is 4.15. The molecule has 1 unspecified atom stereocenters. The summed E-state index contributed by atoms with van der Waals surface area (Å²) in [5.41, 5.74) is 5.09. The fourth-order valence-electron chi connectivity index (χ4n) is 1.80. The van der Waals surface area contributed by atoms with E-state index in [4.69, 9.17) is 5.73 Å². The Bertz CT molecular complexity index is 504. The van der Waals surface area contributed by atoms with E-state index in [1.807, 2.05) is 6.92 Å². The van der Waals surface area contributed by atoms with Crippen molar-refractivity contribution in [1.82, 2.24) is 9.55 Å². The van der Waals surface area contributed by atoms with E-state index < -0.39 is 11.2 Å². The first-order valence-electron chi connectivity index (χ1n) is 6.32. The van der Waals surface area contributed by atoms with Crippen LogP contribution in [0, 0.1) is 0 Å². The number of H-pyrrole nitrogens is 1. The van der Waals surface area contributed by atoms with Crippen LogP contribution < -0.4 is 22.3 Å². The van der Waals surface area contributed by atoms with Gasteiger partial charge in [-0.05, 0) is 13.3 Å². The lowest BCUT2D eigenvalue weighted by atomic mass is 10.1. The molecule has 1 heterocycles. The minimum absolute atomic E-state index is 0.150. The minimum Gasteiger partial charge on any atom is -0.383 e. The molecule has 1 rings (SSSR count). The monoisotopic (exact) mass is 254 g/mol. The third-order valence-electron chi connectivity index (χ3n) is 3.00. The molecule has 0 saturated carbocycles. The standard InChI is InChI=1S/C12H22N4O2/c1-4-5-6-7-8(2)14-9-10(13)16(3)12(18)15-11(9)17/h8,14H,4-7,13H2,1-3H3,(H,15,17,18). The summed E-state index contributed by atoms with van der Waals surface area (Å²) in [5, 5.41) is 3.08. The van der Waals surface area contributed by atoms with Crippen LogP contribution in [0.25, 0.3) is 0 Å². The first kappa shape index (κ1) is 14.3. The highest BCUT2D eigenvalue weighted by Gasteiger charge is 2.12. The van der Waals surface area contributed by atoms with Gasteiger partial charge in [0.2, 0.25) is 0 Å². The predicted octanol–water partition coefficient (Wildman–Crippen LogP) is 1.04. The van der Waals surface area contributed by atoms with Crippen molar-refractivity contribution >= 4 is 11.5 Å². The van der Waals surface area contributed by atoms with Gasteiger partial charge in [-0.15, -0.1) is 0 Å². The number of anilines is 2. The Kier molecular flexibility index (Phi) is 5.00. The molecule has 4 N–H and O–H groups in total. The Morgan fingerprint density at radius 1 is 1.39 bits per heavy atom. The molecule has 0 aliphatic heterocycles. The Labute approximate surface area is 106 Å². The zero-order chi connectivity index (χ0) is 13.7. The highest BCUT2D eigenvalue weighted by molar-refractivity contribution is 5.60. The molecule has 0 bridgehead atoms. The molecule has 0 amide bonds. The molecule has 6 nitrogen and oxygen atoms in total. The second-order valence-electron chi connectivity index (χ2n) is 4.62. The van der Waals surface area contributed by atoms with E-state index in [0.717, 1.165) is 19.3 Å². The van der Waals surface area contributed by atoms with E-state index in [1.165, 1.54) is 18.0 Å². The summed E-state index contributed by atoms with van der Waals surface area (Å²) < 4.78 is 1.22. The van der Waals surface area contributed by atoms with Crippen LogP contribution in [-0.4, -0.2) is 15.6 Å². The summed E-state index contributed by atoms with van der Waals surface area (Å²) in [6.07, 6.45) is 4.41. The van der Waals surface area contributed by atoms with Crippen molar-refractivity contribution < 1.29 is 0 Å². The zero-order valence-corrected chi connectivity index (χ0v) is 11.2. The van der Waals surface area contributed by atoms with Crippen LogP contribution in [0.15, 0.2) is 9.59 Å². The number of aromatic nitrogens is 2. The van der Waals surface area contributed by atoms with Gasteiger partial charge in [0.1, 0.15) is 11.5 Å². The van der Waals surface area contributed by atoms with Gasteiger partial charge in [0.25, 0.3) is 5.56 Å². The van der Waals surface area contributed by atoms with Crippen molar-refractivity contribution in [2.24, 2.45) is 7.05 Å². The number of aromatic amines is 1. The van der Waals surface area contributed by atoms with Crippen LogP contribution in [0.2, 0.25) is 0 Å². The third kappa shape index (κ3) is 3.38. The number of nitrogens with zero attached hydrogens (tertiary/aromatic N) is 1. The maximum absolute atomic E-state index is 11.7. The number of nitrogens with two attached hydrogens (primary N) is 1. The molecular weight excluding hydrogens is 232 g/mol. The van der Waals surface area contributed by atoms with Gasteiger partial charge in [-0.25, -0.2) is 4.79 Å². The number of nitrogens with one attached hydrogen (secondary N) is 2. The lowest BCUT2D eigenvalue weighted by Gasteiger charge is -2.16. The topological polar surface area (TPSA) is 92.9 Å². The third-order valence-corrected chi connectivity index (χ3v) is 3.00. The van der Waals surface area contributed by atoms with Crippen molar-refractivity contribution in [3.05, 3.63) is 20.8 Å². The average molecular weight is 254 g/mol. The average Bonchev–Trinajstić information content (AvgIpc) is 2.32. The summed E-state index contributed by atoms with van der Waals surface area (Å²) in [5.74, 6) is 0.172. The van der Waals surface area contributed by atoms with Gasteiger partial charge < -0.3 is 11.1 Å². The molecule has 0 radical (unpaired) electrons. The summed E-state index contributed by atoms with van der Waals surface area (Å²) in [4.78, 5) is 25.2. The van der Waals surface area contributed by atoms with Gasteiger partial charge in [-0.2, -0.15) is 0 Å². The highest BCUT2D eigenvalue weighted by atomic mass is 16.2. The molecule has 18 heavy (non-hydrogen) atoms. The first-order chi connectivity index (χ1) is 8.47. The van der Waals surface area contributed by atoms with Gasteiger partial charge in [0, 0.05) is 13.1 Å². The van der Waals surface area contributed by atoms with Crippen LogP contribution in [-0.2, 0) is 7.05 Å². The normalized spacial score (nSPS) is 12.4. The quantitative estimate of drug-likeness (QED) is 0.661. The minimum atomic E-state index is -0.498. The van der Waals surface area contributed by atoms with Crippen LogP contribution >= 0.6 is 0 Å². The Morgan fingerprint density at radius 2 is 2.06 bits per heavy atom. The molecule has 0 aromatic carbocycles. The van der Waals surface area contributed by atoms with Crippen molar-refractivity contribution in [2.75, 3.05) is 11.1 Å². The van der Waals surface area contributed by atoms with E-state index in [-0.39, 0.29) is 17.5 Å². The molecule has 1 aromatic heterocycles. The molecule has 0 saturated heterocycles. The van der Waals surface area contributed by atoms with Gasteiger partial charge >= 0.3 is 5.69 Å². The largest absolute Gasteiger partial charge is 0.383 e. The van der Waals surface area contributed by atoms with E-state index in [0.29, 0.717) is 0 Å². The lowest BCUT2D eigenvalue weighted by molar-refractivity contribution is 0.613. The molecule has 102 valence electrons. The van der Waals surface area contributed by atoms with Crippen molar-refractivity contribution in [1.29, 1.82) is 0 Å². The molecule has 0 spiro atoms. The van der Waals surface area contributed by atoms with Crippen molar-refractivity contribution in [2.45, 2.75) is 45.6 Å². The fourth-order valence-corrected chi connectivity index (χ4v) is 1.80. The van der Waals surface area contributed by atoms with E-state index in [9.17, 15) is 9.59 Å². The zero-order valence-electron chi connectivity index (χ0n) is 11.2. The maximum Gasteiger partial charge on any atom is 0.329 e. The van der Waals surface area contributed by atoms with Gasteiger partial charge in [0.15, 0.2) is 0 Å². The summed E-state index contributed by atoms with van der Waals surface area (Å²) >= 11 is 0. The van der Waals surface area contributed by atoms with Gasteiger partial charge in [-0.3, -0.25) is 14.3 Å².